The Labute approximate surface area is 116 Å². The summed E-state index contributed by atoms with van der Waals surface area (Å²) in [6.45, 7) is 8.64. The number of rotatable bonds is 6. The second kappa shape index (κ2) is 6.78. The minimum absolute atomic E-state index is 0.249. The highest BCUT2D eigenvalue weighted by atomic mass is 16.5. The van der Waals surface area contributed by atoms with Crippen molar-refractivity contribution in [1.82, 2.24) is 0 Å². The van der Waals surface area contributed by atoms with Crippen molar-refractivity contribution in [1.29, 1.82) is 0 Å². The predicted octanol–water partition coefficient (Wildman–Crippen LogP) is 3.99. The summed E-state index contributed by atoms with van der Waals surface area (Å²) in [4.78, 5) is 11.4. The van der Waals surface area contributed by atoms with Crippen molar-refractivity contribution in [3.63, 3.8) is 0 Å². The summed E-state index contributed by atoms with van der Waals surface area (Å²) >= 11 is 0. The van der Waals surface area contributed by atoms with E-state index in [0.29, 0.717) is 11.7 Å². The van der Waals surface area contributed by atoms with E-state index in [4.69, 9.17) is 4.74 Å². The Morgan fingerprint density at radius 3 is 2.63 bits per heavy atom. The van der Waals surface area contributed by atoms with Gasteiger partial charge in [0.25, 0.3) is 0 Å². The molecule has 1 aliphatic heterocycles. The van der Waals surface area contributed by atoms with E-state index in [0.717, 1.165) is 31.3 Å². The number of allylic oxidation sites excluding steroid dienone is 1. The van der Waals surface area contributed by atoms with Crippen LogP contribution in [0.3, 0.4) is 0 Å². The van der Waals surface area contributed by atoms with Crippen molar-refractivity contribution in [2.75, 3.05) is 7.11 Å². The monoisotopic (exact) mass is 266 g/mol. The van der Waals surface area contributed by atoms with Gasteiger partial charge in [0, 0.05) is 0 Å². The van der Waals surface area contributed by atoms with Crippen LogP contribution in [0.1, 0.15) is 53.4 Å². The SMILES string of the molecule is CCC1=C[C@@](CC)(C[C@@H](C)CC)OC1=CC(=O)OC. The van der Waals surface area contributed by atoms with Gasteiger partial charge in [0.05, 0.1) is 13.2 Å². The van der Waals surface area contributed by atoms with Crippen molar-refractivity contribution >= 4 is 5.97 Å². The van der Waals surface area contributed by atoms with Crippen LogP contribution in [0, 0.1) is 5.92 Å². The molecule has 3 nitrogen and oxygen atoms in total. The molecule has 3 heteroatoms. The molecule has 1 heterocycles. The lowest BCUT2D eigenvalue weighted by molar-refractivity contribution is -0.135. The molecular formula is C16H26O3. The smallest absolute Gasteiger partial charge is 0.334 e. The molecule has 0 saturated carbocycles. The van der Waals surface area contributed by atoms with Crippen LogP contribution in [-0.2, 0) is 14.3 Å². The van der Waals surface area contributed by atoms with Gasteiger partial charge in [-0.3, -0.25) is 0 Å². The molecule has 0 saturated heterocycles. The maximum atomic E-state index is 11.4. The molecule has 0 N–H and O–H groups in total. The first-order chi connectivity index (χ1) is 9.00. The van der Waals surface area contributed by atoms with E-state index in [2.05, 4.69) is 38.5 Å². The van der Waals surface area contributed by atoms with Gasteiger partial charge in [-0.15, -0.1) is 0 Å². The fourth-order valence-corrected chi connectivity index (χ4v) is 2.42. The zero-order valence-electron chi connectivity index (χ0n) is 12.8. The third-order valence-electron chi connectivity index (χ3n) is 3.89. The summed E-state index contributed by atoms with van der Waals surface area (Å²) in [6.07, 6.45) is 7.57. The summed E-state index contributed by atoms with van der Waals surface area (Å²) < 4.78 is 10.8. The van der Waals surface area contributed by atoms with E-state index in [1.165, 1.54) is 13.2 Å². The summed E-state index contributed by atoms with van der Waals surface area (Å²) in [6, 6.07) is 0. The summed E-state index contributed by atoms with van der Waals surface area (Å²) in [5.41, 5.74) is 0.858. The fraction of sp³-hybridized carbons (Fsp3) is 0.688. The molecule has 0 aromatic rings. The van der Waals surface area contributed by atoms with Gasteiger partial charge in [-0.25, -0.2) is 4.79 Å². The third kappa shape index (κ3) is 3.85. The van der Waals surface area contributed by atoms with Crippen LogP contribution >= 0.6 is 0 Å². The third-order valence-corrected chi connectivity index (χ3v) is 3.89. The van der Waals surface area contributed by atoms with Crippen LogP contribution in [-0.4, -0.2) is 18.7 Å². The van der Waals surface area contributed by atoms with Gasteiger partial charge in [-0.05, 0) is 36.8 Å². The molecule has 0 bridgehead atoms. The summed E-state index contributed by atoms with van der Waals surface area (Å²) in [5, 5.41) is 0. The number of ether oxygens (including phenoxy) is 2. The lowest BCUT2D eigenvalue weighted by Crippen LogP contribution is -2.28. The average molecular weight is 266 g/mol. The summed E-state index contributed by atoms with van der Waals surface area (Å²) in [7, 11) is 1.38. The maximum absolute atomic E-state index is 11.4. The van der Waals surface area contributed by atoms with E-state index in [1.807, 2.05) is 0 Å². The Balaban J connectivity index is 2.97. The first-order valence-corrected chi connectivity index (χ1v) is 7.21. The van der Waals surface area contributed by atoms with Crippen LogP contribution in [0.4, 0.5) is 0 Å². The van der Waals surface area contributed by atoms with E-state index in [1.54, 1.807) is 0 Å². The number of hydrogen-bond acceptors (Lipinski definition) is 3. The fourth-order valence-electron chi connectivity index (χ4n) is 2.42. The number of methoxy groups -OCH3 is 1. The molecule has 0 aromatic heterocycles. The molecular weight excluding hydrogens is 240 g/mol. The minimum Gasteiger partial charge on any atom is -0.483 e. The number of carbonyl (C=O) groups is 1. The van der Waals surface area contributed by atoms with Gasteiger partial charge in [0.15, 0.2) is 0 Å². The van der Waals surface area contributed by atoms with Gasteiger partial charge in [0.1, 0.15) is 11.4 Å². The molecule has 1 rings (SSSR count). The Kier molecular flexibility index (Phi) is 5.64. The molecule has 19 heavy (non-hydrogen) atoms. The van der Waals surface area contributed by atoms with Crippen molar-refractivity contribution in [3.8, 4) is 0 Å². The predicted molar refractivity (Wildman–Crippen MR) is 76.7 cm³/mol. The maximum Gasteiger partial charge on any atom is 0.334 e. The second-order valence-corrected chi connectivity index (χ2v) is 5.29. The molecule has 0 aromatic carbocycles. The van der Waals surface area contributed by atoms with Gasteiger partial charge in [0.2, 0.25) is 0 Å². The highest BCUT2D eigenvalue weighted by Crippen LogP contribution is 2.40. The normalized spacial score (nSPS) is 25.9. The molecule has 1 aliphatic rings. The largest absolute Gasteiger partial charge is 0.483 e. The van der Waals surface area contributed by atoms with E-state index in [9.17, 15) is 4.79 Å². The van der Waals surface area contributed by atoms with Crippen LogP contribution in [0.25, 0.3) is 0 Å². The molecule has 108 valence electrons. The van der Waals surface area contributed by atoms with Crippen LogP contribution < -0.4 is 0 Å². The lowest BCUT2D eigenvalue weighted by atomic mass is 9.87. The van der Waals surface area contributed by atoms with Gasteiger partial charge in [-0.1, -0.05) is 34.1 Å². The highest BCUT2D eigenvalue weighted by molar-refractivity contribution is 5.83. The van der Waals surface area contributed by atoms with E-state index < -0.39 is 0 Å². The Bertz CT molecular complexity index is 381. The molecule has 0 aliphatic carbocycles. The number of carbonyl (C=O) groups excluding carboxylic acids is 1. The van der Waals surface area contributed by atoms with Crippen molar-refractivity contribution in [3.05, 3.63) is 23.5 Å². The average Bonchev–Trinajstić information content (AvgIpc) is 2.76. The highest BCUT2D eigenvalue weighted by Gasteiger charge is 2.36. The van der Waals surface area contributed by atoms with Crippen molar-refractivity contribution < 1.29 is 14.3 Å². The molecule has 0 spiro atoms. The molecule has 2 atom stereocenters. The van der Waals surface area contributed by atoms with Crippen molar-refractivity contribution in [2.24, 2.45) is 5.92 Å². The quantitative estimate of drug-likeness (QED) is 0.538. The zero-order valence-corrected chi connectivity index (χ0v) is 12.8. The topological polar surface area (TPSA) is 35.5 Å². The van der Waals surface area contributed by atoms with Crippen LogP contribution in [0.15, 0.2) is 23.5 Å². The van der Waals surface area contributed by atoms with Crippen LogP contribution in [0.2, 0.25) is 0 Å². The standard InChI is InChI=1S/C16H26O3/c1-6-12(4)10-16(8-3)11-13(7-2)14(19-16)9-15(17)18-5/h9,11-12H,6-8,10H2,1-5H3/t12-,16+/m0/s1. The van der Waals surface area contributed by atoms with E-state index in [-0.39, 0.29) is 11.6 Å². The minimum atomic E-state index is -0.357. The Morgan fingerprint density at radius 2 is 2.16 bits per heavy atom. The zero-order chi connectivity index (χ0) is 14.5. The molecule has 0 fully saturated rings. The van der Waals surface area contributed by atoms with Crippen LogP contribution in [0.5, 0.6) is 0 Å². The first kappa shape index (κ1) is 15.8. The lowest BCUT2D eigenvalue weighted by Gasteiger charge is -2.29. The van der Waals surface area contributed by atoms with Gasteiger partial charge < -0.3 is 9.47 Å². The van der Waals surface area contributed by atoms with Crippen molar-refractivity contribution in [2.45, 2.75) is 59.0 Å². The number of esters is 1. The Hall–Kier alpha value is -1.25. The molecule has 0 radical (unpaired) electrons. The molecule has 0 amide bonds. The van der Waals surface area contributed by atoms with E-state index >= 15 is 0 Å². The second-order valence-electron chi connectivity index (χ2n) is 5.29. The van der Waals surface area contributed by atoms with Gasteiger partial charge >= 0.3 is 5.97 Å². The Morgan fingerprint density at radius 1 is 1.47 bits per heavy atom. The summed E-state index contributed by atoms with van der Waals surface area (Å²) in [5.74, 6) is 0.927. The first-order valence-electron chi connectivity index (χ1n) is 7.21. The number of hydrogen-bond donors (Lipinski definition) is 0. The molecule has 0 unspecified atom stereocenters. The van der Waals surface area contributed by atoms with Gasteiger partial charge in [-0.2, -0.15) is 0 Å².